The number of nitrogens with one attached hydrogen (secondary N) is 2. The van der Waals surface area contributed by atoms with Crippen LogP contribution in [0.3, 0.4) is 0 Å². The maximum atomic E-state index is 11.8. The molecule has 0 aliphatic rings. The van der Waals surface area contributed by atoms with Crippen molar-refractivity contribution in [3.63, 3.8) is 0 Å². The molecule has 0 aliphatic carbocycles. The van der Waals surface area contributed by atoms with Crippen LogP contribution in [0.15, 0.2) is 41.8 Å². The molecule has 2 N–H and O–H groups in total. The zero-order valence-corrected chi connectivity index (χ0v) is 13.5. The summed E-state index contributed by atoms with van der Waals surface area (Å²) < 4.78 is 1.02. The fraction of sp³-hybridized carbons (Fsp3) is 0.143. The average molecular weight is 400 g/mol. The van der Waals surface area contributed by atoms with Crippen molar-refractivity contribution in [2.24, 2.45) is 0 Å². The molecule has 0 aliphatic heterocycles. The van der Waals surface area contributed by atoms with E-state index in [2.05, 4.69) is 33.2 Å². The third-order valence-corrected chi connectivity index (χ3v) is 4.07. The molecule has 20 heavy (non-hydrogen) atoms. The quantitative estimate of drug-likeness (QED) is 0.599. The second kappa shape index (κ2) is 7.39. The molecule has 0 atom stereocenters. The van der Waals surface area contributed by atoms with E-state index in [4.69, 9.17) is 0 Å². The van der Waals surface area contributed by atoms with Crippen LogP contribution in [-0.2, 0) is 0 Å². The fourth-order valence-electron chi connectivity index (χ4n) is 1.58. The van der Waals surface area contributed by atoms with Gasteiger partial charge in [-0.2, -0.15) is 0 Å². The largest absolute Gasteiger partial charge is 0.350 e. The Morgan fingerprint density at radius 2 is 1.80 bits per heavy atom. The van der Waals surface area contributed by atoms with Crippen molar-refractivity contribution in [3.05, 3.63) is 55.8 Å². The van der Waals surface area contributed by atoms with E-state index in [0.29, 0.717) is 23.5 Å². The fourth-order valence-corrected chi connectivity index (χ4v) is 2.76. The third-order valence-electron chi connectivity index (χ3n) is 2.53. The van der Waals surface area contributed by atoms with Gasteiger partial charge in [-0.1, -0.05) is 12.1 Å². The van der Waals surface area contributed by atoms with Gasteiger partial charge in [-0.3, -0.25) is 9.59 Å². The van der Waals surface area contributed by atoms with Crippen molar-refractivity contribution >= 4 is 45.7 Å². The first-order valence-corrected chi connectivity index (χ1v) is 7.98. The third kappa shape index (κ3) is 4.31. The van der Waals surface area contributed by atoms with E-state index in [9.17, 15) is 9.59 Å². The molecule has 0 fully saturated rings. The van der Waals surface area contributed by atoms with Crippen LogP contribution in [0.1, 0.15) is 20.0 Å². The highest BCUT2D eigenvalue weighted by Gasteiger charge is 2.07. The van der Waals surface area contributed by atoms with Crippen LogP contribution >= 0.6 is 33.9 Å². The van der Waals surface area contributed by atoms with Crippen LogP contribution < -0.4 is 10.6 Å². The van der Waals surface area contributed by atoms with E-state index in [0.717, 1.165) is 3.57 Å². The van der Waals surface area contributed by atoms with Crippen molar-refractivity contribution in [1.82, 2.24) is 10.6 Å². The normalized spacial score (nSPS) is 10.1. The molecule has 104 valence electrons. The lowest BCUT2D eigenvalue weighted by Crippen LogP contribution is -2.34. The molecule has 1 aromatic heterocycles. The number of hydrogen-bond donors (Lipinski definition) is 2. The summed E-state index contributed by atoms with van der Waals surface area (Å²) in [5.41, 5.74) is 0.626. The van der Waals surface area contributed by atoms with Gasteiger partial charge < -0.3 is 10.6 Å². The van der Waals surface area contributed by atoms with Gasteiger partial charge in [-0.15, -0.1) is 11.3 Å². The molecule has 0 saturated carbocycles. The highest BCUT2D eigenvalue weighted by Crippen LogP contribution is 2.08. The summed E-state index contributed by atoms with van der Waals surface area (Å²) in [5, 5.41) is 7.39. The van der Waals surface area contributed by atoms with Crippen LogP contribution in [0.5, 0.6) is 0 Å². The van der Waals surface area contributed by atoms with E-state index in [1.807, 2.05) is 29.6 Å². The summed E-state index contributed by atoms with van der Waals surface area (Å²) in [7, 11) is 0. The zero-order valence-electron chi connectivity index (χ0n) is 10.6. The zero-order chi connectivity index (χ0) is 14.4. The molecule has 1 aromatic carbocycles. The molecule has 0 spiro atoms. The number of carbonyl (C=O) groups excluding carboxylic acids is 2. The van der Waals surface area contributed by atoms with E-state index < -0.39 is 0 Å². The monoisotopic (exact) mass is 400 g/mol. The van der Waals surface area contributed by atoms with Gasteiger partial charge in [0.1, 0.15) is 0 Å². The second-order valence-electron chi connectivity index (χ2n) is 4.00. The number of carbonyl (C=O) groups is 2. The van der Waals surface area contributed by atoms with Crippen LogP contribution in [0.2, 0.25) is 0 Å². The Morgan fingerprint density at radius 1 is 1.05 bits per heavy atom. The number of amides is 2. The van der Waals surface area contributed by atoms with E-state index in [1.165, 1.54) is 11.3 Å². The standard InChI is InChI=1S/C14H13IN2O2S/c15-11-4-1-3-10(9-11)13(18)16-6-7-17-14(19)12-5-2-8-20-12/h1-5,8-9H,6-7H2,(H,16,18)(H,17,19). The SMILES string of the molecule is O=C(NCCNC(=O)c1cccs1)c1cccc(I)c1. The van der Waals surface area contributed by atoms with Crippen molar-refractivity contribution in [3.8, 4) is 0 Å². The molecule has 6 heteroatoms. The molecule has 0 bridgehead atoms. The smallest absolute Gasteiger partial charge is 0.261 e. The van der Waals surface area contributed by atoms with Crippen molar-refractivity contribution < 1.29 is 9.59 Å². The Labute approximate surface area is 134 Å². The highest BCUT2D eigenvalue weighted by molar-refractivity contribution is 14.1. The van der Waals surface area contributed by atoms with Gasteiger partial charge >= 0.3 is 0 Å². The van der Waals surface area contributed by atoms with Crippen LogP contribution in [0, 0.1) is 3.57 Å². The van der Waals surface area contributed by atoms with Gasteiger partial charge in [0.05, 0.1) is 4.88 Å². The topological polar surface area (TPSA) is 58.2 Å². The number of thiophene rings is 1. The van der Waals surface area contributed by atoms with Gasteiger partial charge in [0.2, 0.25) is 0 Å². The van der Waals surface area contributed by atoms with Gasteiger partial charge in [0.25, 0.3) is 11.8 Å². The molecule has 0 unspecified atom stereocenters. The minimum Gasteiger partial charge on any atom is -0.350 e. The molecule has 2 amide bonds. The Bertz CT molecular complexity index is 599. The lowest BCUT2D eigenvalue weighted by molar-refractivity contribution is 0.0929. The molecule has 1 heterocycles. The van der Waals surface area contributed by atoms with Crippen LogP contribution in [-0.4, -0.2) is 24.9 Å². The average Bonchev–Trinajstić information content (AvgIpc) is 2.97. The second-order valence-corrected chi connectivity index (χ2v) is 6.19. The molecular formula is C14H13IN2O2S. The Morgan fingerprint density at radius 3 is 2.45 bits per heavy atom. The minimum atomic E-state index is -0.131. The predicted octanol–water partition coefficient (Wildman–Crippen LogP) is 2.51. The Hall–Kier alpha value is -1.41. The molecule has 0 radical (unpaired) electrons. The first kappa shape index (κ1) is 15.0. The molecular weight excluding hydrogens is 387 g/mol. The summed E-state index contributed by atoms with van der Waals surface area (Å²) in [4.78, 5) is 24.2. The lowest BCUT2D eigenvalue weighted by Gasteiger charge is -2.06. The Kier molecular flexibility index (Phi) is 5.54. The Balaban J connectivity index is 1.73. The van der Waals surface area contributed by atoms with Crippen molar-refractivity contribution in [1.29, 1.82) is 0 Å². The van der Waals surface area contributed by atoms with E-state index in [-0.39, 0.29) is 11.8 Å². The first-order chi connectivity index (χ1) is 9.66. The van der Waals surface area contributed by atoms with Crippen LogP contribution in [0.25, 0.3) is 0 Å². The molecule has 4 nitrogen and oxygen atoms in total. The van der Waals surface area contributed by atoms with E-state index in [1.54, 1.807) is 12.1 Å². The number of halogens is 1. The van der Waals surface area contributed by atoms with Crippen molar-refractivity contribution in [2.45, 2.75) is 0 Å². The van der Waals surface area contributed by atoms with Crippen molar-refractivity contribution in [2.75, 3.05) is 13.1 Å². The summed E-state index contributed by atoms with van der Waals surface area (Å²) in [6, 6.07) is 11.0. The first-order valence-electron chi connectivity index (χ1n) is 6.02. The molecule has 2 aromatic rings. The van der Waals surface area contributed by atoms with Crippen LogP contribution in [0.4, 0.5) is 0 Å². The number of hydrogen-bond acceptors (Lipinski definition) is 3. The minimum absolute atomic E-state index is 0.108. The summed E-state index contributed by atoms with van der Waals surface area (Å²) in [6.07, 6.45) is 0. The number of rotatable bonds is 5. The van der Waals surface area contributed by atoms with Gasteiger partial charge in [-0.05, 0) is 52.2 Å². The van der Waals surface area contributed by atoms with Gasteiger partial charge in [-0.25, -0.2) is 0 Å². The highest BCUT2D eigenvalue weighted by atomic mass is 127. The van der Waals surface area contributed by atoms with E-state index >= 15 is 0 Å². The maximum Gasteiger partial charge on any atom is 0.261 e. The molecule has 0 saturated heterocycles. The number of benzene rings is 1. The summed E-state index contributed by atoms with van der Waals surface area (Å²) in [5.74, 6) is -0.239. The summed E-state index contributed by atoms with van der Waals surface area (Å²) >= 11 is 3.56. The summed E-state index contributed by atoms with van der Waals surface area (Å²) in [6.45, 7) is 0.813. The predicted molar refractivity (Wildman–Crippen MR) is 88.1 cm³/mol. The molecule has 2 rings (SSSR count). The maximum absolute atomic E-state index is 11.8. The van der Waals surface area contributed by atoms with Gasteiger partial charge in [0, 0.05) is 22.2 Å². The lowest BCUT2D eigenvalue weighted by atomic mass is 10.2. The van der Waals surface area contributed by atoms with Gasteiger partial charge in [0.15, 0.2) is 0 Å².